The molecule has 1 aromatic carbocycles. The minimum atomic E-state index is -0.756. The maximum atomic E-state index is 11.5. The van der Waals surface area contributed by atoms with Gasteiger partial charge in [0.2, 0.25) is 0 Å². The van der Waals surface area contributed by atoms with Gasteiger partial charge >= 0.3 is 5.97 Å². The number of hydrogen-bond donors (Lipinski definition) is 1. The number of halogens is 1. The Hall–Kier alpha value is -2.34. The first-order valence-corrected chi connectivity index (χ1v) is 5.69. The fourth-order valence-electron chi connectivity index (χ4n) is 1.59. The standard InChI is InChI=1S/C12H10ClN3O3/c1-7(17)19-10-6-15-16(11(10)12(14)18)9-4-2-3-8(13)5-9/h2-6H,1H3,(H2,14,18). The molecule has 0 aliphatic carbocycles. The number of esters is 1. The average molecular weight is 280 g/mol. The van der Waals surface area contributed by atoms with Crippen LogP contribution >= 0.6 is 11.6 Å². The summed E-state index contributed by atoms with van der Waals surface area (Å²) >= 11 is 5.88. The lowest BCUT2D eigenvalue weighted by molar-refractivity contribution is -0.131. The molecule has 6 nitrogen and oxygen atoms in total. The van der Waals surface area contributed by atoms with E-state index in [1.54, 1.807) is 24.3 Å². The molecule has 0 atom stereocenters. The van der Waals surface area contributed by atoms with E-state index < -0.39 is 11.9 Å². The number of carbonyl (C=O) groups excluding carboxylic acids is 2. The lowest BCUT2D eigenvalue weighted by Crippen LogP contribution is -2.18. The normalized spacial score (nSPS) is 10.2. The summed E-state index contributed by atoms with van der Waals surface area (Å²) in [5.41, 5.74) is 5.81. The summed E-state index contributed by atoms with van der Waals surface area (Å²) in [7, 11) is 0. The van der Waals surface area contributed by atoms with E-state index in [1.807, 2.05) is 0 Å². The molecular formula is C12H10ClN3O3. The molecule has 1 aromatic heterocycles. The third-order valence-electron chi connectivity index (χ3n) is 2.28. The van der Waals surface area contributed by atoms with Gasteiger partial charge in [-0.25, -0.2) is 4.68 Å². The van der Waals surface area contributed by atoms with Crippen molar-refractivity contribution >= 4 is 23.5 Å². The molecule has 1 amide bonds. The summed E-state index contributed by atoms with van der Waals surface area (Å²) in [4.78, 5) is 22.4. The van der Waals surface area contributed by atoms with E-state index in [0.29, 0.717) is 10.7 Å². The summed E-state index contributed by atoms with van der Waals surface area (Å²) in [5.74, 6) is -1.30. The molecule has 7 heteroatoms. The van der Waals surface area contributed by atoms with Gasteiger partial charge in [0.05, 0.1) is 11.9 Å². The Morgan fingerprint density at radius 2 is 2.16 bits per heavy atom. The lowest BCUT2D eigenvalue weighted by Gasteiger charge is -2.06. The van der Waals surface area contributed by atoms with Crippen molar-refractivity contribution in [1.29, 1.82) is 0 Å². The van der Waals surface area contributed by atoms with Crippen LogP contribution in [0.1, 0.15) is 17.4 Å². The van der Waals surface area contributed by atoms with Gasteiger partial charge in [-0.3, -0.25) is 9.59 Å². The number of benzene rings is 1. The number of nitrogens with zero attached hydrogens (tertiary/aromatic N) is 2. The molecular weight excluding hydrogens is 270 g/mol. The van der Waals surface area contributed by atoms with Gasteiger partial charge < -0.3 is 10.5 Å². The molecule has 0 saturated heterocycles. The van der Waals surface area contributed by atoms with Crippen LogP contribution < -0.4 is 10.5 Å². The predicted molar refractivity (Wildman–Crippen MR) is 68.4 cm³/mol. The monoisotopic (exact) mass is 279 g/mol. The predicted octanol–water partition coefficient (Wildman–Crippen LogP) is 1.55. The Labute approximate surface area is 113 Å². The van der Waals surface area contributed by atoms with Crippen molar-refractivity contribution in [3.05, 3.63) is 41.2 Å². The second-order valence-corrected chi connectivity index (χ2v) is 4.14. The number of amides is 1. The smallest absolute Gasteiger partial charge is 0.308 e. The number of primary amides is 1. The van der Waals surface area contributed by atoms with Crippen LogP contribution in [0.2, 0.25) is 5.02 Å². The molecule has 0 saturated carbocycles. The van der Waals surface area contributed by atoms with Crippen molar-refractivity contribution in [2.75, 3.05) is 0 Å². The van der Waals surface area contributed by atoms with Crippen molar-refractivity contribution in [3.63, 3.8) is 0 Å². The fourth-order valence-corrected chi connectivity index (χ4v) is 1.78. The molecule has 0 aliphatic rings. The van der Waals surface area contributed by atoms with E-state index in [0.717, 1.165) is 0 Å². The minimum absolute atomic E-state index is 0.0139. The fraction of sp³-hybridized carbons (Fsp3) is 0.0833. The highest BCUT2D eigenvalue weighted by atomic mass is 35.5. The third-order valence-corrected chi connectivity index (χ3v) is 2.51. The zero-order valence-electron chi connectivity index (χ0n) is 9.96. The molecule has 1 heterocycles. The number of carbonyl (C=O) groups is 2. The Bertz CT molecular complexity index is 651. The van der Waals surface area contributed by atoms with Crippen molar-refractivity contribution in [1.82, 2.24) is 9.78 Å². The van der Waals surface area contributed by atoms with Gasteiger partial charge in [0.25, 0.3) is 5.91 Å². The van der Waals surface area contributed by atoms with E-state index in [2.05, 4.69) is 5.10 Å². The highest BCUT2D eigenvalue weighted by Gasteiger charge is 2.20. The zero-order valence-corrected chi connectivity index (χ0v) is 10.7. The topological polar surface area (TPSA) is 87.2 Å². The number of ether oxygens (including phenoxy) is 1. The largest absolute Gasteiger partial charge is 0.422 e. The summed E-state index contributed by atoms with van der Waals surface area (Å²) < 4.78 is 6.15. The third kappa shape index (κ3) is 2.74. The van der Waals surface area contributed by atoms with Crippen LogP contribution in [-0.4, -0.2) is 21.7 Å². The molecule has 0 bridgehead atoms. The van der Waals surface area contributed by atoms with Crippen LogP contribution in [0.5, 0.6) is 5.75 Å². The average Bonchev–Trinajstić information content (AvgIpc) is 2.71. The molecule has 0 radical (unpaired) electrons. The number of nitrogens with two attached hydrogens (primary N) is 1. The highest BCUT2D eigenvalue weighted by molar-refractivity contribution is 6.30. The van der Waals surface area contributed by atoms with Crippen LogP contribution in [0.15, 0.2) is 30.5 Å². The van der Waals surface area contributed by atoms with Crippen LogP contribution in [-0.2, 0) is 4.79 Å². The maximum absolute atomic E-state index is 11.5. The van der Waals surface area contributed by atoms with Gasteiger partial charge in [-0.2, -0.15) is 5.10 Å². The van der Waals surface area contributed by atoms with Gasteiger partial charge in [0.1, 0.15) is 0 Å². The SMILES string of the molecule is CC(=O)Oc1cnn(-c2cccc(Cl)c2)c1C(N)=O. The summed E-state index contributed by atoms with van der Waals surface area (Å²) in [6.45, 7) is 1.22. The Balaban J connectivity index is 2.55. The van der Waals surface area contributed by atoms with Crippen molar-refractivity contribution < 1.29 is 14.3 Å². The van der Waals surface area contributed by atoms with Crippen molar-refractivity contribution in [2.24, 2.45) is 5.73 Å². The van der Waals surface area contributed by atoms with E-state index in [9.17, 15) is 9.59 Å². The van der Waals surface area contributed by atoms with Crippen LogP contribution in [0.25, 0.3) is 5.69 Å². The molecule has 0 fully saturated rings. The second-order valence-electron chi connectivity index (χ2n) is 3.71. The minimum Gasteiger partial charge on any atom is -0.422 e. The summed E-state index contributed by atoms with van der Waals surface area (Å²) in [6.07, 6.45) is 1.25. The number of aromatic nitrogens is 2. The van der Waals surface area contributed by atoms with Crippen LogP contribution in [0.3, 0.4) is 0 Å². The molecule has 2 N–H and O–H groups in total. The zero-order chi connectivity index (χ0) is 14.0. The van der Waals surface area contributed by atoms with Gasteiger partial charge in [-0.1, -0.05) is 17.7 Å². The van der Waals surface area contributed by atoms with Crippen molar-refractivity contribution in [3.8, 4) is 11.4 Å². The first kappa shape index (κ1) is 13.1. The van der Waals surface area contributed by atoms with Gasteiger partial charge in [-0.15, -0.1) is 0 Å². The Morgan fingerprint density at radius 3 is 2.74 bits per heavy atom. The van der Waals surface area contributed by atoms with Crippen molar-refractivity contribution in [2.45, 2.75) is 6.92 Å². The number of rotatable bonds is 3. The maximum Gasteiger partial charge on any atom is 0.308 e. The highest BCUT2D eigenvalue weighted by Crippen LogP contribution is 2.23. The van der Waals surface area contributed by atoms with E-state index in [4.69, 9.17) is 22.1 Å². The van der Waals surface area contributed by atoms with Gasteiger partial charge in [0, 0.05) is 11.9 Å². The molecule has 19 heavy (non-hydrogen) atoms. The molecule has 0 spiro atoms. The first-order chi connectivity index (χ1) is 8.99. The first-order valence-electron chi connectivity index (χ1n) is 5.31. The molecule has 2 aromatic rings. The van der Waals surface area contributed by atoms with Crippen LogP contribution in [0.4, 0.5) is 0 Å². The van der Waals surface area contributed by atoms with E-state index in [1.165, 1.54) is 17.8 Å². The van der Waals surface area contributed by atoms with Crippen LogP contribution in [0, 0.1) is 0 Å². The molecule has 2 rings (SSSR count). The van der Waals surface area contributed by atoms with Gasteiger partial charge in [0.15, 0.2) is 11.4 Å². The second kappa shape index (κ2) is 5.11. The summed E-state index contributed by atoms with van der Waals surface area (Å²) in [6, 6.07) is 6.70. The van der Waals surface area contributed by atoms with E-state index in [-0.39, 0.29) is 11.4 Å². The quantitative estimate of drug-likeness (QED) is 0.864. The molecule has 98 valence electrons. The Morgan fingerprint density at radius 1 is 1.42 bits per heavy atom. The molecule has 0 aliphatic heterocycles. The number of hydrogen-bond acceptors (Lipinski definition) is 4. The van der Waals surface area contributed by atoms with Gasteiger partial charge in [-0.05, 0) is 18.2 Å². The Kier molecular flexibility index (Phi) is 3.52. The molecule has 0 unspecified atom stereocenters. The summed E-state index contributed by atoms with van der Waals surface area (Å²) in [5, 5.41) is 4.47. The lowest BCUT2D eigenvalue weighted by atomic mass is 10.3. The van der Waals surface area contributed by atoms with E-state index >= 15 is 0 Å².